The lowest BCUT2D eigenvalue weighted by atomic mass is 10.1. The molecule has 0 saturated carbocycles. The summed E-state index contributed by atoms with van der Waals surface area (Å²) in [6, 6.07) is 0. The molecule has 0 bridgehead atoms. The molecule has 142 valence electrons. The van der Waals surface area contributed by atoms with Crippen molar-refractivity contribution in [3.8, 4) is 0 Å². The fourth-order valence-corrected chi connectivity index (χ4v) is 3.31. The van der Waals surface area contributed by atoms with Gasteiger partial charge in [0.15, 0.2) is 0 Å². The summed E-state index contributed by atoms with van der Waals surface area (Å²) >= 11 is 0. The lowest BCUT2D eigenvalue weighted by Crippen LogP contribution is -3.12. The molecular formula is C21H46FN. The minimum absolute atomic E-state index is 0. The van der Waals surface area contributed by atoms with Gasteiger partial charge in [0.1, 0.15) is 0 Å². The Hall–Kier alpha value is -0.110. The van der Waals surface area contributed by atoms with Crippen molar-refractivity contribution in [1.29, 1.82) is 0 Å². The first kappa shape index (κ1) is 25.1. The van der Waals surface area contributed by atoms with Gasteiger partial charge in [-0.1, -0.05) is 78.6 Å². The molecule has 0 amide bonds. The highest BCUT2D eigenvalue weighted by Gasteiger charge is 2.07. The SMILES string of the molecule is CCCCCCC[NH+](CCCCCCC)CCCCCCC.[F-]. The summed E-state index contributed by atoms with van der Waals surface area (Å²) in [5.41, 5.74) is 0. The second-order valence-electron chi connectivity index (χ2n) is 7.24. The number of rotatable bonds is 18. The molecule has 0 atom stereocenters. The van der Waals surface area contributed by atoms with Gasteiger partial charge in [-0.25, -0.2) is 0 Å². The Kier molecular flexibility index (Phi) is 23.9. The maximum Gasteiger partial charge on any atom is 0.0770 e. The molecule has 0 aliphatic heterocycles. The molecule has 2 heteroatoms. The van der Waals surface area contributed by atoms with Gasteiger partial charge in [0.05, 0.1) is 19.6 Å². The van der Waals surface area contributed by atoms with Crippen LogP contribution in [0.2, 0.25) is 0 Å². The third-order valence-corrected chi connectivity index (χ3v) is 4.90. The van der Waals surface area contributed by atoms with Crippen molar-refractivity contribution in [3.63, 3.8) is 0 Å². The Morgan fingerprint density at radius 1 is 0.391 bits per heavy atom. The number of quaternary nitrogens is 1. The molecule has 0 saturated heterocycles. The zero-order valence-electron chi connectivity index (χ0n) is 16.6. The van der Waals surface area contributed by atoms with Crippen LogP contribution in [0.4, 0.5) is 0 Å². The van der Waals surface area contributed by atoms with Crippen LogP contribution >= 0.6 is 0 Å². The van der Waals surface area contributed by atoms with Gasteiger partial charge >= 0.3 is 0 Å². The van der Waals surface area contributed by atoms with Gasteiger partial charge in [-0.05, 0) is 38.5 Å². The first-order chi connectivity index (χ1) is 10.8. The summed E-state index contributed by atoms with van der Waals surface area (Å²) in [4.78, 5) is 1.91. The molecule has 0 rings (SSSR count). The number of hydrogen-bond acceptors (Lipinski definition) is 0. The van der Waals surface area contributed by atoms with Crippen LogP contribution in [-0.2, 0) is 0 Å². The Morgan fingerprint density at radius 3 is 0.913 bits per heavy atom. The van der Waals surface area contributed by atoms with Crippen molar-refractivity contribution >= 4 is 0 Å². The van der Waals surface area contributed by atoms with Gasteiger partial charge in [0, 0.05) is 0 Å². The van der Waals surface area contributed by atoms with E-state index in [2.05, 4.69) is 20.8 Å². The second-order valence-corrected chi connectivity index (χ2v) is 7.24. The average Bonchev–Trinajstić information content (AvgIpc) is 2.53. The second kappa shape index (κ2) is 21.9. The lowest BCUT2D eigenvalue weighted by molar-refractivity contribution is -0.900. The van der Waals surface area contributed by atoms with E-state index in [1.54, 1.807) is 0 Å². The van der Waals surface area contributed by atoms with E-state index in [1.807, 2.05) is 4.90 Å². The molecule has 0 spiro atoms. The summed E-state index contributed by atoms with van der Waals surface area (Å²) in [6.07, 6.45) is 21.5. The van der Waals surface area contributed by atoms with Crippen molar-refractivity contribution in [3.05, 3.63) is 0 Å². The van der Waals surface area contributed by atoms with Gasteiger partial charge in [-0.2, -0.15) is 0 Å². The summed E-state index contributed by atoms with van der Waals surface area (Å²) in [7, 11) is 0. The first-order valence-corrected chi connectivity index (χ1v) is 10.7. The van der Waals surface area contributed by atoms with Crippen LogP contribution in [-0.4, -0.2) is 19.6 Å². The van der Waals surface area contributed by atoms with Crippen LogP contribution in [0.3, 0.4) is 0 Å². The standard InChI is InChI=1S/C21H45N.FH/c1-4-7-10-13-16-19-22(20-17-14-11-8-5-2)21-18-15-12-9-6-3;/h4-21H2,1-3H3;1H. The van der Waals surface area contributed by atoms with Crippen molar-refractivity contribution in [2.75, 3.05) is 19.6 Å². The number of hydrogen-bond donors (Lipinski definition) is 1. The highest BCUT2D eigenvalue weighted by atomic mass is 19.0. The van der Waals surface area contributed by atoms with Gasteiger partial charge in [0.25, 0.3) is 0 Å². The lowest BCUT2D eigenvalue weighted by Gasteiger charge is -2.19. The molecule has 0 unspecified atom stereocenters. The van der Waals surface area contributed by atoms with Gasteiger partial charge < -0.3 is 9.60 Å². The molecule has 0 aliphatic rings. The maximum absolute atomic E-state index is 2.31. The van der Waals surface area contributed by atoms with E-state index in [-0.39, 0.29) is 4.70 Å². The predicted octanol–water partition coefficient (Wildman–Crippen LogP) is 2.79. The topological polar surface area (TPSA) is 4.44 Å². The quantitative estimate of drug-likeness (QED) is 0.368. The van der Waals surface area contributed by atoms with Crippen LogP contribution in [0.15, 0.2) is 0 Å². The molecule has 0 fully saturated rings. The zero-order valence-corrected chi connectivity index (χ0v) is 16.6. The van der Waals surface area contributed by atoms with E-state index < -0.39 is 0 Å². The van der Waals surface area contributed by atoms with Crippen LogP contribution < -0.4 is 9.60 Å². The van der Waals surface area contributed by atoms with E-state index >= 15 is 0 Å². The van der Waals surface area contributed by atoms with Crippen molar-refractivity contribution in [2.45, 2.75) is 117 Å². The average molecular weight is 332 g/mol. The fourth-order valence-electron chi connectivity index (χ4n) is 3.31. The number of nitrogens with one attached hydrogen (secondary N) is 1. The van der Waals surface area contributed by atoms with Gasteiger partial charge in [0.2, 0.25) is 0 Å². The van der Waals surface area contributed by atoms with Crippen LogP contribution in [0, 0.1) is 0 Å². The van der Waals surface area contributed by atoms with Gasteiger partial charge in [-0.15, -0.1) is 0 Å². The van der Waals surface area contributed by atoms with Crippen molar-refractivity contribution in [2.24, 2.45) is 0 Å². The molecular weight excluding hydrogens is 285 g/mol. The molecule has 1 N–H and O–H groups in total. The minimum Gasteiger partial charge on any atom is -1.00 e. The Labute approximate surface area is 147 Å². The Bertz CT molecular complexity index is 163. The monoisotopic (exact) mass is 331 g/mol. The molecule has 23 heavy (non-hydrogen) atoms. The summed E-state index contributed by atoms with van der Waals surface area (Å²) in [5, 5.41) is 0. The largest absolute Gasteiger partial charge is 1.00 e. The van der Waals surface area contributed by atoms with E-state index in [4.69, 9.17) is 0 Å². The number of halogens is 1. The van der Waals surface area contributed by atoms with Gasteiger partial charge in [-0.3, -0.25) is 0 Å². The molecule has 1 nitrogen and oxygen atoms in total. The van der Waals surface area contributed by atoms with E-state index in [1.165, 1.54) is 116 Å². The highest BCUT2D eigenvalue weighted by Crippen LogP contribution is 2.03. The molecule has 0 heterocycles. The van der Waals surface area contributed by atoms with E-state index in [0.717, 1.165) is 0 Å². The summed E-state index contributed by atoms with van der Waals surface area (Å²) < 4.78 is 0. The Morgan fingerprint density at radius 2 is 0.652 bits per heavy atom. The van der Waals surface area contributed by atoms with Crippen molar-refractivity contribution < 1.29 is 9.60 Å². The predicted molar refractivity (Wildman–Crippen MR) is 102 cm³/mol. The third kappa shape index (κ3) is 19.8. The zero-order chi connectivity index (χ0) is 16.3. The van der Waals surface area contributed by atoms with Crippen LogP contribution in [0.1, 0.15) is 117 Å². The maximum atomic E-state index is 2.31. The molecule has 0 aromatic carbocycles. The van der Waals surface area contributed by atoms with E-state index in [9.17, 15) is 0 Å². The van der Waals surface area contributed by atoms with Crippen LogP contribution in [0.25, 0.3) is 0 Å². The molecule has 0 aliphatic carbocycles. The molecule has 0 radical (unpaired) electrons. The highest BCUT2D eigenvalue weighted by molar-refractivity contribution is 4.46. The number of unbranched alkanes of at least 4 members (excludes halogenated alkanes) is 12. The first-order valence-electron chi connectivity index (χ1n) is 10.7. The fraction of sp³-hybridized carbons (Fsp3) is 1.00. The van der Waals surface area contributed by atoms with E-state index in [0.29, 0.717) is 0 Å². The minimum atomic E-state index is 0. The summed E-state index contributed by atoms with van der Waals surface area (Å²) in [5.74, 6) is 0. The van der Waals surface area contributed by atoms with Crippen molar-refractivity contribution in [1.82, 2.24) is 0 Å². The summed E-state index contributed by atoms with van der Waals surface area (Å²) in [6.45, 7) is 11.2. The smallest absolute Gasteiger partial charge is 0.0770 e. The third-order valence-electron chi connectivity index (χ3n) is 4.90. The molecule has 0 aromatic rings. The Balaban J connectivity index is 0. The normalized spacial score (nSPS) is 11.0. The molecule has 0 aromatic heterocycles. The van der Waals surface area contributed by atoms with Crippen LogP contribution in [0.5, 0.6) is 0 Å².